The molecule has 1 fully saturated rings. The number of quaternary nitrogens is 1. The number of H-pyrrole nitrogens is 1. The maximum Gasteiger partial charge on any atom is 0.136 e. The molecule has 1 aromatic heterocycles. The molecule has 0 spiro atoms. The average molecular weight is 255 g/mol. The first-order valence-electron chi connectivity index (χ1n) is 7.67. The van der Waals surface area contributed by atoms with Crippen LogP contribution in [0.1, 0.15) is 37.9 Å². The van der Waals surface area contributed by atoms with Crippen molar-refractivity contribution in [3.63, 3.8) is 0 Å². The van der Waals surface area contributed by atoms with Crippen LogP contribution < -0.4 is 4.90 Å². The fraction of sp³-hybridized carbons (Fsp3) is 0.529. The number of benzene rings is 1. The lowest BCUT2D eigenvalue weighted by molar-refractivity contribution is -0.948. The summed E-state index contributed by atoms with van der Waals surface area (Å²) in [5.74, 6) is 0.900. The van der Waals surface area contributed by atoms with E-state index in [0.717, 1.165) is 5.92 Å². The first-order valence-corrected chi connectivity index (χ1v) is 7.67. The number of aromatic nitrogens is 1. The minimum Gasteiger partial charge on any atom is -0.353 e. The lowest BCUT2D eigenvalue weighted by Crippen LogP contribution is -3.17. The largest absolute Gasteiger partial charge is 0.353 e. The van der Waals surface area contributed by atoms with Crippen LogP contribution in [-0.2, 0) is 12.0 Å². The molecular weight excluding hydrogens is 232 g/mol. The van der Waals surface area contributed by atoms with Gasteiger partial charge in [0, 0.05) is 29.7 Å². The second kappa shape index (κ2) is 3.86. The van der Waals surface area contributed by atoms with Crippen molar-refractivity contribution in [1.29, 1.82) is 0 Å². The molecule has 1 saturated heterocycles. The number of para-hydroxylation sites is 1. The van der Waals surface area contributed by atoms with Crippen LogP contribution in [0.15, 0.2) is 24.3 Å². The molecule has 2 heteroatoms. The normalized spacial score (nSPS) is 33.4. The van der Waals surface area contributed by atoms with Gasteiger partial charge in [0.05, 0.1) is 18.8 Å². The predicted octanol–water partition coefficient (Wildman–Crippen LogP) is 2.25. The molecule has 1 unspecified atom stereocenters. The Hall–Kier alpha value is -1.28. The highest BCUT2D eigenvalue weighted by atomic mass is 15.2. The summed E-state index contributed by atoms with van der Waals surface area (Å²) in [6, 6.07) is 8.82. The van der Waals surface area contributed by atoms with Crippen LogP contribution in [0.25, 0.3) is 10.9 Å². The van der Waals surface area contributed by atoms with Gasteiger partial charge < -0.3 is 9.88 Å². The zero-order valence-corrected chi connectivity index (χ0v) is 11.9. The molecule has 2 nitrogen and oxygen atoms in total. The highest BCUT2D eigenvalue weighted by Gasteiger charge is 2.50. The number of hydrogen-bond acceptors (Lipinski definition) is 0. The van der Waals surface area contributed by atoms with Crippen LogP contribution in [-0.4, -0.2) is 18.1 Å². The first kappa shape index (κ1) is 11.5. The standard InChI is InChI=1S/C17H22N2/c1-3-12-10-17(2)16-14(8-9-19(17)11-12)13-6-4-5-7-15(13)18-16/h4-7,12,18H,3,8-11H2,1-2H3/p+1/t12-,17+/m1/s1. The Morgan fingerprint density at radius 2 is 2.21 bits per heavy atom. The smallest absolute Gasteiger partial charge is 0.136 e. The van der Waals surface area contributed by atoms with E-state index in [9.17, 15) is 0 Å². The molecule has 2 aliphatic heterocycles. The van der Waals surface area contributed by atoms with Gasteiger partial charge in [-0.25, -0.2) is 0 Å². The van der Waals surface area contributed by atoms with Crippen LogP contribution in [0.5, 0.6) is 0 Å². The summed E-state index contributed by atoms with van der Waals surface area (Å²) in [6.45, 7) is 7.49. The Kier molecular flexibility index (Phi) is 2.34. The molecule has 4 rings (SSSR count). The van der Waals surface area contributed by atoms with Crippen molar-refractivity contribution in [3.8, 4) is 0 Å². The van der Waals surface area contributed by atoms with Crippen molar-refractivity contribution < 1.29 is 4.90 Å². The summed E-state index contributed by atoms with van der Waals surface area (Å²) in [6.07, 6.45) is 3.91. The fourth-order valence-electron chi connectivity index (χ4n) is 4.52. The predicted molar refractivity (Wildman–Crippen MR) is 78.4 cm³/mol. The highest BCUT2D eigenvalue weighted by Crippen LogP contribution is 2.37. The van der Waals surface area contributed by atoms with Gasteiger partial charge in [-0.2, -0.15) is 0 Å². The van der Waals surface area contributed by atoms with Gasteiger partial charge in [-0.1, -0.05) is 25.1 Å². The third-order valence-corrected chi connectivity index (χ3v) is 5.63. The van der Waals surface area contributed by atoms with E-state index in [1.165, 1.54) is 48.9 Å². The minimum atomic E-state index is 0.327. The van der Waals surface area contributed by atoms with Crippen LogP contribution in [0.2, 0.25) is 0 Å². The summed E-state index contributed by atoms with van der Waals surface area (Å²) in [5, 5.41) is 1.46. The quantitative estimate of drug-likeness (QED) is 0.779. The van der Waals surface area contributed by atoms with E-state index in [1.807, 2.05) is 0 Å². The van der Waals surface area contributed by atoms with Gasteiger partial charge in [0.2, 0.25) is 0 Å². The van der Waals surface area contributed by atoms with E-state index in [2.05, 4.69) is 43.1 Å². The van der Waals surface area contributed by atoms with Gasteiger partial charge in [-0.3, -0.25) is 0 Å². The SMILES string of the molecule is CC[C@H]1C[NH+]2CCc3c([nH]c4ccccc34)[C@]2(C)C1. The molecule has 19 heavy (non-hydrogen) atoms. The molecule has 0 aliphatic carbocycles. The number of rotatable bonds is 1. The zero-order chi connectivity index (χ0) is 13.0. The van der Waals surface area contributed by atoms with E-state index in [-0.39, 0.29) is 0 Å². The molecule has 2 aromatic rings. The summed E-state index contributed by atoms with van der Waals surface area (Å²) in [7, 11) is 0. The van der Waals surface area contributed by atoms with E-state index in [1.54, 1.807) is 10.5 Å². The third kappa shape index (κ3) is 1.47. The lowest BCUT2D eigenvalue weighted by Gasteiger charge is -2.36. The lowest BCUT2D eigenvalue weighted by atomic mass is 9.84. The van der Waals surface area contributed by atoms with Crippen molar-refractivity contribution >= 4 is 10.9 Å². The Balaban J connectivity index is 1.90. The molecule has 0 bridgehead atoms. The Morgan fingerprint density at radius 1 is 1.37 bits per heavy atom. The Bertz CT molecular complexity index is 627. The van der Waals surface area contributed by atoms with Gasteiger partial charge in [0.1, 0.15) is 5.54 Å². The van der Waals surface area contributed by atoms with Crippen LogP contribution >= 0.6 is 0 Å². The topological polar surface area (TPSA) is 20.2 Å². The molecule has 3 atom stereocenters. The number of nitrogens with one attached hydrogen (secondary N) is 2. The van der Waals surface area contributed by atoms with Gasteiger partial charge in [0.15, 0.2) is 0 Å². The molecule has 100 valence electrons. The Labute approximate surface area is 114 Å². The monoisotopic (exact) mass is 255 g/mol. The summed E-state index contributed by atoms with van der Waals surface area (Å²) >= 11 is 0. The average Bonchev–Trinajstić information content (AvgIpc) is 2.96. The van der Waals surface area contributed by atoms with Gasteiger partial charge >= 0.3 is 0 Å². The summed E-state index contributed by atoms with van der Waals surface area (Å²) in [5.41, 5.74) is 4.78. The molecule has 2 N–H and O–H groups in total. The molecule has 0 saturated carbocycles. The second-order valence-corrected chi connectivity index (χ2v) is 6.64. The summed E-state index contributed by atoms with van der Waals surface area (Å²) < 4.78 is 0. The third-order valence-electron chi connectivity index (χ3n) is 5.63. The van der Waals surface area contributed by atoms with Crippen LogP contribution in [0.4, 0.5) is 0 Å². The van der Waals surface area contributed by atoms with Gasteiger partial charge in [0.25, 0.3) is 0 Å². The Morgan fingerprint density at radius 3 is 3.05 bits per heavy atom. The van der Waals surface area contributed by atoms with Crippen molar-refractivity contribution in [2.24, 2.45) is 5.92 Å². The van der Waals surface area contributed by atoms with Crippen LogP contribution in [0.3, 0.4) is 0 Å². The fourth-order valence-corrected chi connectivity index (χ4v) is 4.52. The van der Waals surface area contributed by atoms with Crippen LogP contribution in [0, 0.1) is 5.92 Å². The van der Waals surface area contributed by atoms with E-state index < -0.39 is 0 Å². The molecule has 2 aliphatic rings. The summed E-state index contributed by atoms with van der Waals surface area (Å²) in [4.78, 5) is 5.56. The zero-order valence-electron chi connectivity index (χ0n) is 11.9. The molecule has 0 radical (unpaired) electrons. The van der Waals surface area contributed by atoms with E-state index in [0.29, 0.717) is 5.54 Å². The molecule has 1 aromatic carbocycles. The number of hydrogen-bond donors (Lipinski definition) is 2. The number of aromatic amines is 1. The van der Waals surface area contributed by atoms with E-state index in [4.69, 9.17) is 0 Å². The maximum atomic E-state index is 3.75. The van der Waals surface area contributed by atoms with Crippen molar-refractivity contribution in [2.45, 2.75) is 38.6 Å². The van der Waals surface area contributed by atoms with Crippen molar-refractivity contribution in [2.75, 3.05) is 13.1 Å². The number of fused-ring (bicyclic) bond motifs is 5. The van der Waals surface area contributed by atoms with Crippen molar-refractivity contribution in [3.05, 3.63) is 35.5 Å². The van der Waals surface area contributed by atoms with Gasteiger partial charge in [-0.15, -0.1) is 0 Å². The molecular formula is C17H23N2+. The second-order valence-electron chi connectivity index (χ2n) is 6.64. The van der Waals surface area contributed by atoms with Crippen molar-refractivity contribution in [1.82, 2.24) is 4.98 Å². The highest BCUT2D eigenvalue weighted by molar-refractivity contribution is 5.85. The van der Waals surface area contributed by atoms with E-state index >= 15 is 0 Å². The molecule has 0 amide bonds. The molecule has 3 heterocycles. The minimum absolute atomic E-state index is 0.327. The maximum absolute atomic E-state index is 3.75. The first-order chi connectivity index (χ1) is 9.22. The van der Waals surface area contributed by atoms with Gasteiger partial charge in [-0.05, 0) is 25.0 Å².